The van der Waals surface area contributed by atoms with Crippen LogP contribution >= 0.6 is 11.3 Å². The molecule has 0 aliphatic carbocycles. The molecule has 104 valence electrons. The minimum absolute atomic E-state index is 0.728. The second-order valence-corrected chi connectivity index (χ2v) is 5.93. The average molecular weight is 294 g/mol. The van der Waals surface area contributed by atoms with Gasteiger partial charge in [0, 0.05) is 0 Å². The Balaban J connectivity index is 1.69. The summed E-state index contributed by atoms with van der Waals surface area (Å²) in [4.78, 5) is 12.4. The number of benzene rings is 2. The van der Waals surface area contributed by atoms with Gasteiger partial charge in [-0.25, -0.2) is 9.97 Å². The van der Waals surface area contributed by atoms with Crippen molar-refractivity contribution in [3.63, 3.8) is 0 Å². The molecular weight excluding hydrogens is 280 g/mol. The van der Waals surface area contributed by atoms with Crippen molar-refractivity contribution in [1.82, 2.24) is 15.0 Å². The number of thiazole rings is 1. The van der Waals surface area contributed by atoms with Gasteiger partial charge in [0.15, 0.2) is 5.13 Å². The number of para-hydroxylation sites is 2. The number of hydrogen-bond donors (Lipinski definition) is 2. The van der Waals surface area contributed by atoms with Crippen molar-refractivity contribution in [1.29, 1.82) is 0 Å². The van der Waals surface area contributed by atoms with Crippen LogP contribution in [0.15, 0.2) is 42.5 Å². The van der Waals surface area contributed by atoms with Gasteiger partial charge in [0.2, 0.25) is 5.95 Å². The summed E-state index contributed by atoms with van der Waals surface area (Å²) in [6.45, 7) is 2.16. The molecule has 21 heavy (non-hydrogen) atoms. The quantitative estimate of drug-likeness (QED) is 0.586. The van der Waals surface area contributed by atoms with E-state index >= 15 is 0 Å². The molecule has 2 aromatic carbocycles. The van der Waals surface area contributed by atoms with Crippen molar-refractivity contribution in [3.05, 3.63) is 48.0 Å². The van der Waals surface area contributed by atoms with Crippen molar-refractivity contribution in [2.24, 2.45) is 0 Å². The van der Waals surface area contributed by atoms with E-state index in [4.69, 9.17) is 0 Å². The summed E-state index contributed by atoms with van der Waals surface area (Å²) in [5, 5.41) is 4.12. The normalized spacial score (nSPS) is 11.3. The summed E-state index contributed by atoms with van der Waals surface area (Å²) in [7, 11) is 0. The van der Waals surface area contributed by atoms with Gasteiger partial charge in [-0.15, -0.1) is 0 Å². The van der Waals surface area contributed by atoms with Crippen LogP contribution in [0.1, 0.15) is 12.5 Å². The van der Waals surface area contributed by atoms with Gasteiger partial charge in [-0.3, -0.25) is 0 Å². The second-order valence-electron chi connectivity index (χ2n) is 4.90. The standard InChI is InChI=1S/C16H14N4S/c1-2-10-7-8-13-14(9-10)21-16(19-13)20-15-17-11-5-3-4-6-12(11)18-15/h3-9H,2H2,1H3,(H2,17,18,19,20). The number of aromatic amines is 1. The van der Waals surface area contributed by atoms with E-state index in [0.29, 0.717) is 0 Å². The minimum Gasteiger partial charge on any atom is -0.324 e. The van der Waals surface area contributed by atoms with E-state index in [2.05, 4.69) is 45.4 Å². The van der Waals surface area contributed by atoms with Crippen molar-refractivity contribution < 1.29 is 0 Å². The van der Waals surface area contributed by atoms with Crippen LogP contribution < -0.4 is 5.32 Å². The average Bonchev–Trinajstić information content (AvgIpc) is 3.08. The highest BCUT2D eigenvalue weighted by Gasteiger charge is 2.07. The van der Waals surface area contributed by atoms with Gasteiger partial charge in [0.1, 0.15) is 0 Å². The number of imidazole rings is 1. The number of nitrogens with one attached hydrogen (secondary N) is 2. The zero-order valence-corrected chi connectivity index (χ0v) is 12.4. The maximum Gasteiger partial charge on any atom is 0.207 e. The molecule has 0 radical (unpaired) electrons. The molecule has 4 rings (SSSR count). The monoisotopic (exact) mass is 294 g/mol. The van der Waals surface area contributed by atoms with Gasteiger partial charge < -0.3 is 10.3 Å². The Morgan fingerprint density at radius 1 is 1.10 bits per heavy atom. The van der Waals surface area contributed by atoms with E-state index in [9.17, 15) is 0 Å². The lowest BCUT2D eigenvalue weighted by molar-refractivity contribution is 1.15. The van der Waals surface area contributed by atoms with E-state index < -0.39 is 0 Å². The van der Waals surface area contributed by atoms with Gasteiger partial charge in [0.05, 0.1) is 21.3 Å². The smallest absolute Gasteiger partial charge is 0.207 e. The molecule has 2 N–H and O–H groups in total. The summed E-state index contributed by atoms with van der Waals surface area (Å²) in [5.74, 6) is 0.728. The third-order valence-corrected chi connectivity index (χ3v) is 4.41. The molecule has 0 amide bonds. The van der Waals surface area contributed by atoms with Gasteiger partial charge in [0.25, 0.3) is 0 Å². The Labute approximate surface area is 125 Å². The van der Waals surface area contributed by atoms with Crippen molar-refractivity contribution in [2.45, 2.75) is 13.3 Å². The van der Waals surface area contributed by atoms with E-state index in [0.717, 1.165) is 34.1 Å². The van der Waals surface area contributed by atoms with E-state index in [1.807, 2.05) is 24.3 Å². The lowest BCUT2D eigenvalue weighted by atomic mass is 10.2. The SMILES string of the molecule is CCc1ccc2nc(Nc3nc4ccccc4[nH]3)sc2c1. The molecule has 0 unspecified atom stereocenters. The van der Waals surface area contributed by atoms with Crippen LogP contribution in [0.25, 0.3) is 21.3 Å². The first-order chi connectivity index (χ1) is 10.3. The topological polar surface area (TPSA) is 53.6 Å². The van der Waals surface area contributed by atoms with Crippen LogP contribution in [-0.4, -0.2) is 15.0 Å². The van der Waals surface area contributed by atoms with Crippen LogP contribution in [0.4, 0.5) is 11.1 Å². The predicted octanol–water partition coefficient (Wildman–Crippen LogP) is 4.48. The molecule has 2 heterocycles. The zero-order chi connectivity index (χ0) is 14.2. The summed E-state index contributed by atoms with van der Waals surface area (Å²) >= 11 is 1.65. The van der Waals surface area contributed by atoms with Crippen LogP contribution in [0.3, 0.4) is 0 Å². The highest BCUT2D eigenvalue weighted by molar-refractivity contribution is 7.22. The zero-order valence-electron chi connectivity index (χ0n) is 11.6. The third kappa shape index (κ3) is 2.25. The molecule has 2 aromatic heterocycles. The van der Waals surface area contributed by atoms with Crippen molar-refractivity contribution >= 4 is 43.7 Å². The van der Waals surface area contributed by atoms with Crippen molar-refractivity contribution in [3.8, 4) is 0 Å². The summed E-state index contributed by atoms with van der Waals surface area (Å²) < 4.78 is 1.20. The van der Waals surface area contributed by atoms with Crippen LogP contribution in [0.2, 0.25) is 0 Å². The Morgan fingerprint density at radius 2 is 2.00 bits per heavy atom. The van der Waals surface area contributed by atoms with E-state index in [1.54, 1.807) is 11.3 Å². The maximum atomic E-state index is 4.60. The lowest BCUT2D eigenvalue weighted by Gasteiger charge is -1.94. The number of hydrogen-bond acceptors (Lipinski definition) is 4. The minimum atomic E-state index is 0.728. The van der Waals surface area contributed by atoms with Gasteiger partial charge >= 0.3 is 0 Å². The number of rotatable bonds is 3. The number of fused-ring (bicyclic) bond motifs is 2. The molecule has 0 aliphatic heterocycles. The molecule has 0 aliphatic rings. The van der Waals surface area contributed by atoms with Gasteiger partial charge in [-0.05, 0) is 36.2 Å². The molecule has 4 aromatic rings. The molecule has 0 spiro atoms. The number of aryl methyl sites for hydroxylation is 1. The van der Waals surface area contributed by atoms with Crippen LogP contribution in [-0.2, 0) is 6.42 Å². The fraction of sp³-hybridized carbons (Fsp3) is 0.125. The fourth-order valence-corrected chi connectivity index (χ4v) is 3.28. The second kappa shape index (κ2) is 4.86. The summed E-state index contributed by atoms with van der Waals surface area (Å²) in [5.41, 5.74) is 4.33. The molecule has 0 bridgehead atoms. The molecule has 0 saturated carbocycles. The number of H-pyrrole nitrogens is 1. The van der Waals surface area contributed by atoms with Gasteiger partial charge in [-0.2, -0.15) is 0 Å². The number of nitrogens with zero attached hydrogens (tertiary/aromatic N) is 2. The molecule has 5 heteroatoms. The Morgan fingerprint density at radius 3 is 2.86 bits per heavy atom. The Bertz CT molecular complexity index is 889. The number of aromatic nitrogens is 3. The first-order valence-electron chi connectivity index (χ1n) is 6.93. The fourth-order valence-electron chi connectivity index (χ4n) is 2.36. The highest BCUT2D eigenvalue weighted by atomic mass is 32.1. The van der Waals surface area contributed by atoms with Gasteiger partial charge in [-0.1, -0.05) is 36.5 Å². The number of anilines is 2. The lowest BCUT2D eigenvalue weighted by Crippen LogP contribution is -1.90. The molecule has 0 atom stereocenters. The molecule has 0 fully saturated rings. The van der Waals surface area contributed by atoms with Crippen molar-refractivity contribution in [2.75, 3.05) is 5.32 Å². The first kappa shape index (κ1) is 12.3. The maximum absolute atomic E-state index is 4.60. The summed E-state index contributed by atoms with van der Waals surface area (Å²) in [6.07, 6.45) is 1.04. The van der Waals surface area contributed by atoms with Crippen LogP contribution in [0, 0.1) is 0 Å². The molecule has 4 nitrogen and oxygen atoms in total. The first-order valence-corrected chi connectivity index (χ1v) is 7.75. The Hall–Kier alpha value is -2.40. The third-order valence-electron chi connectivity index (χ3n) is 3.48. The van der Waals surface area contributed by atoms with Crippen LogP contribution in [0.5, 0.6) is 0 Å². The molecular formula is C16H14N4S. The molecule has 0 saturated heterocycles. The highest BCUT2D eigenvalue weighted by Crippen LogP contribution is 2.29. The largest absolute Gasteiger partial charge is 0.324 e. The van der Waals surface area contributed by atoms with E-state index in [1.165, 1.54) is 10.3 Å². The Kier molecular flexibility index (Phi) is 2.86. The summed E-state index contributed by atoms with van der Waals surface area (Å²) in [6, 6.07) is 14.4. The predicted molar refractivity (Wildman–Crippen MR) is 88.4 cm³/mol. The van der Waals surface area contributed by atoms with E-state index in [-0.39, 0.29) is 0 Å².